The molecular weight excluding hydrogens is 448 g/mol. The number of carbonyl (C=O) groups is 3. The first kappa shape index (κ1) is 20.0. The number of nitrogens with one attached hydrogen (secondary N) is 1. The summed E-state index contributed by atoms with van der Waals surface area (Å²) in [5.41, 5.74) is 1.55. The van der Waals surface area contributed by atoms with E-state index in [1.807, 2.05) is 36.4 Å². The molecule has 0 unspecified atom stereocenters. The molecule has 0 atom stereocenters. The third-order valence-electron chi connectivity index (χ3n) is 3.83. The van der Waals surface area contributed by atoms with Crippen molar-refractivity contribution >= 4 is 62.2 Å². The van der Waals surface area contributed by atoms with Crippen LogP contribution in [0.4, 0.5) is 10.5 Å². The van der Waals surface area contributed by atoms with E-state index in [4.69, 9.17) is 0 Å². The van der Waals surface area contributed by atoms with Crippen molar-refractivity contribution in [1.29, 1.82) is 0 Å². The van der Waals surface area contributed by atoms with Crippen LogP contribution in [-0.2, 0) is 16.1 Å². The van der Waals surface area contributed by atoms with Gasteiger partial charge >= 0.3 is 0 Å². The van der Waals surface area contributed by atoms with E-state index in [9.17, 15) is 14.4 Å². The molecule has 8 heteroatoms. The summed E-state index contributed by atoms with van der Waals surface area (Å²) >= 11 is 6.06. The Labute approximate surface area is 174 Å². The normalized spacial score (nSPS) is 13.9. The highest BCUT2D eigenvalue weighted by Crippen LogP contribution is 2.23. The van der Waals surface area contributed by atoms with Gasteiger partial charge in [0.1, 0.15) is 0 Å². The van der Waals surface area contributed by atoms with Crippen LogP contribution in [0.3, 0.4) is 0 Å². The number of thioether (sulfide) groups is 2. The predicted molar refractivity (Wildman–Crippen MR) is 113 cm³/mol. The lowest BCUT2D eigenvalue weighted by molar-refractivity contribution is -0.125. The molecule has 140 valence electrons. The molecular formula is C19H17BrN2O3S2. The minimum atomic E-state index is -0.208. The largest absolute Gasteiger partial charge is 0.326 e. The van der Waals surface area contributed by atoms with Crippen molar-refractivity contribution in [3.05, 3.63) is 58.6 Å². The summed E-state index contributed by atoms with van der Waals surface area (Å²) in [5, 5.41) is 2.66. The van der Waals surface area contributed by atoms with Gasteiger partial charge in [-0.15, -0.1) is 11.8 Å². The zero-order chi connectivity index (χ0) is 19.2. The molecule has 1 aliphatic rings. The highest BCUT2D eigenvalue weighted by molar-refractivity contribution is 9.10. The Morgan fingerprint density at radius 3 is 2.44 bits per heavy atom. The Morgan fingerprint density at radius 2 is 1.81 bits per heavy atom. The molecule has 0 bridgehead atoms. The van der Waals surface area contributed by atoms with Gasteiger partial charge in [-0.3, -0.25) is 19.3 Å². The lowest BCUT2D eigenvalue weighted by Gasteiger charge is -2.13. The van der Waals surface area contributed by atoms with Crippen molar-refractivity contribution in [3.8, 4) is 0 Å². The first-order valence-electron chi connectivity index (χ1n) is 8.25. The molecule has 0 aromatic heterocycles. The average Bonchev–Trinajstić information content (AvgIpc) is 2.97. The Kier molecular flexibility index (Phi) is 6.98. The number of amides is 3. The van der Waals surface area contributed by atoms with E-state index in [-0.39, 0.29) is 29.4 Å². The zero-order valence-corrected chi connectivity index (χ0v) is 17.5. The number of benzene rings is 2. The van der Waals surface area contributed by atoms with E-state index in [0.717, 1.165) is 26.7 Å². The van der Waals surface area contributed by atoms with Crippen molar-refractivity contribution in [1.82, 2.24) is 4.90 Å². The summed E-state index contributed by atoms with van der Waals surface area (Å²) in [6.07, 6.45) is 0.413. The number of imide groups is 1. The molecule has 2 aromatic carbocycles. The maximum absolute atomic E-state index is 12.1. The molecule has 1 N–H and O–H groups in total. The van der Waals surface area contributed by atoms with Gasteiger partial charge in [0.15, 0.2) is 0 Å². The summed E-state index contributed by atoms with van der Waals surface area (Å²) in [6, 6.07) is 15.2. The van der Waals surface area contributed by atoms with Crippen molar-refractivity contribution < 1.29 is 14.4 Å². The Balaban J connectivity index is 1.44. The van der Waals surface area contributed by atoms with Crippen LogP contribution in [-0.4, -0.2) is 33.5 Å². The third kappa shape index (κ3) is 5.85. The van der Waals surface area contributed by atoms with E-state index in [1.54, 1.807) is 23.9 Å². The highest BCUT2D eigenvalue weighted by atomic mass is 79.9. The summed E-state index contributed by atoms with van der Waals surface area (Å²) in [6.45, 7) is 0.267. The summed E-state index contributed by atoms with van der Waals surface area (Å²) < 4.78 is 1.03. The monoisotopic (exact) mass is 464 g/mol. The van der Waals surface area contributed by atoms with E-state index in [1.165, 1.54) is 4.90 Å². The third-order valence-corrected chi connectivity index (χ3v) is 6.23. The maximum atomic E-state index is 12.1. The van der Waals surface area contributed by atoms with Crippen LogP contribution in [0.25, 0.3) is 0 Å². The summed E-state index contributed by atoms with van der Waals surface area (Å²) in [7, 11) is 0. The van der Waals surface area contributed by atoms with E-state index in [0.29, 0.717) is 17.9 Å². The van der Waals surface area contributed by atoms with Crippen LogP contribution >= 0.6 is 39.5 Å². The first-order valence-corrected chi connectivity index (χ1v) is 11.0. The fourth-order valence-electron chi connectivity index (χ4n) is 2.43. The topological polar surface area (TPSA) is 66.5 Å². The number of carbonyl (C=O) groups excluding carboxylic acids is 3. The van der Waals surface area contributed by atoms with Gasteiger partial charge in [0.05, 0.1) is 12.3 Å². The van der Waals surface area contributed by atoms with E-state index in [2.05, 4.69) is 21.2 Å². The maximum Gasteiger partial charge on any atom is 0.289 e. The van der Waals surface area contributed by atoms with Gasteiger partial charge in [0.25, 0.3) is 5.24 Å². The molecule has 1 heterocycles. The minimum absolute atomic E-state index is 0.0475. The summed E-state index contributed by atoms with van der Waals surface area (Å²) in [4.78, 5) is 37.7. The van der Waals surface area contributed by atoms with Gasteiger partial charge in [0, 0.05) is 27.2 Å². The molecule has 1 fully saturated rings. The quantitative estimate of drug-likeness (QED) is 0.597. The minimum Gasteiger partial charge on any atom is -0.326 e. The Bertz CT molecular complexity index is 825. The number of halogens is 1. The van der Waals surface area contributed by atoms with Crippen LogP contribution in [0.5, 0.6) is 0 Å². The molecule has 27 heavy (non-hydrogen) atoms. The van der Waals surface area contributed by atoms with Crippen LogP contribution in [0.15, 0.2) is 57.9 Å². The first-order chi connectivity index (χ1) is 13.0. The van der Waals surface area contributed by atoms with Gasteiger partial charge < -0.3 is 5.32 Å². The Hall–Kier alpha value is -1.77. The molecule has 2 aromatic rings. The van der Waals surface area contributed by atoms with Crippen molar-refractivity contribution in [3.63, 3.8) is 0 Å². The van der Waals surface area contributed by atoms with Crippen molar-refractivity contribution in [2.24, 2.45) is 0 Å². The molecule has 0 aliphatic carbocycles. The number of anilines is 1. The average molecular weight is 465 g/mol. The van der Waals surface area contributed by atoms with Gasteiger partial charge in [0.2, 0.25) is 11.8 Å². The molecule has 1 saturated heterocycles. The fourth-order valence-corrected chi connectivity index (χ4v) is 4.27. The number of hydrogen-bond donors (Lipinski definition) is 1. The van der Waals surface area contributed by atoms with E-state index >= 15 is 0 Å². The number of nitrogens with zero attached hydrogens (tertiary/aromatic N) is 1. The number of hydrogen-bond acceptors (Lipinski definition) is 5. The SMILES string of the molecule is O=C(CCSc1ccc(Br)cc1)Nc1ccc(CN2C(=O)CSC2=O)cc1. The van der Waals surface area contributed by atoms with Crippen LogP contribution < -0.4 is 5.32 Å². The van der Waals surface area contributed by atoms with Gasteiger partial charge in [-0.05, 0) is 42.0 Å². The Morgan fingerprint density at radius 1 is 1.11 bits per heavy atom. The predicted octanol–water partition coefficient (Wildman–Crippen LogP) is 4.77. The second kappa shape index (κ2) is 9.43. The highest BCUT2D eigenvalue weighted by Gasteiger charge is 2.29. The fraction of sp³-hybridized carbons (Fsp3) is 0.211. The molecule has 1 aliphatic heterocycles. The lowest BCUT2D eigenvalue weighted by atomic mass is 10.2. The number of rotatable bonds is 7. The molecule has 0 saturated carbocycles. The van der Waals surface area contributed by atoms with Gasteiger partial charge in [-0.2, -0.15) is 0 Å². The lowest BCUT2D eigenvalue weighted by Crippen LogP contribution is -2.27. The second-order valence-corrected chi connectivity index (χ2v) is 8.84. The summed E-state index contributed by atoms with van der Waals surface area (Å²) in [5.74, 6) is 0.701. The van der Waals surface area contributed by atoms with Crippen molar-refractivity contribution in [2.75, 3.05) is 16.8 Å². The van der Waals surface area contributed by atoms with Crippen molar-refractivity contribution in [2.45, 2.75) is 17.9 Å². The van der Waals surface area contributed by atoms with Gasteiger partial charge in [-0.25, -0.2) is 0 Å². The van der Waals surface area contributed by atoms with Crippen LogP contribution in [0.2, 0.25) is 0 Å². The molecule has 3 rings (SSSR count). The zero-order valence-electron chi connectivity index (χ0n) is 14.3. The van der Waals surface area contributed by atoms with E-state index < -0.39 is 0 Å². The molecule has 0 radical (unpaired) electrons. The standard InChI is InChI=1S/C19H17BrN2O3S2/c20-14-3-7-16(8-4-14)26-10-9-17(23)21-15-5-1-13(2-6-15)11-22-18(24)12-27-19(22)25/h1-8H,9-12H2,(H,21,23). The second-order valence-electron chi connectivity index (χ2n) is 5.83. The van der Waals surface area contributed by atoms with Crippen LogP contribution in [0, 0.1) is 0 Å². The smallest absolute Gasteiger partial charge is 0.289 e. The van der Waals surface area contributed by atoms with Crippen LogP contribution in [0.1, 0.15) is 12.0 Å². The molecule has 0 spiro atoms. The molecule has 5 nitrogen and oxygen atoms in total. The molecule has 3 amide bonds. The van der Waals surface area contributed by atoms with Gasteiger partial charge in [-0.1, -0.05) is 39.8 Å².